The number of hydrogen-bond acceptors (Lipinski definition) is 7. The Morgan fingerprint density at radius 2 is 1.07 bits per heavy atom. The van der Waals surface area contributed by atoms with Crippen LogP contribution in [0.3, 0.4) is 0 Å². The summed E-state index contributed by atoms with van der Waals surface area (Å²) in [5.74, 6) is -1.88. The molecule has 0 N–H and O–H groups in total. The molecule has 0 aromatic rings. The fraction of sp³-hybridized carbons (Fsp3) is 0.620. The summed E-state index contributed by atoms with van der Waals surface area (Å²) in [6.07, 6.45) is 53.0. The Hall–Kier alpha value is -3.75. The van der Waals surface area contributed by atoms with Crippen molar-refractivity contribution < 1.29 is 38.2 Å². The zero-order valence-corrected chi connectivity index (χ0v) is 37.2. The molecule has 0 radical (unpaired) electrons. The molecular formula is C50H81NO7. The van der Waals surface area contributed by atoms with E-state index in [1.807, 2.05) is 12.2 Å². The van der Waals surface area contributed by atoms with Crippen LogP contribution in [-0.2, 0) is 28.6 Å². The number of unbranched alkanes of at least 4 members (excludes halogenated alkanes) is 10. The molecule has 0 aromatic heterocycles. The van der Waals surface area contributed by atoms with Crippen LogP contribution in [0.25, 0.3) is 0 Å². The Balaban J connectivity index is 4.51. The Bertz CT molecular complexity index is 1260. The van der Waals surface area contributed by atoms with E-state index < -0.39 is 24.1 Å². The molecule has 2 atom stereocenters. The van der Waals surface area contributed by atoms with E-state index in [0.717, 1.165) is 77.0 Å². The van der Waals surface area contributed by atoms with E-state index >= 15 is 0 Å². The quantitative estimate of drug-likeness (QED) is 0.0201. The van der Waals surface area contributed by atoms with E-state index in [2.05, 4.69) is 98.9 Å². The summed E-state index contributed by atoms with van der Waals surface area (Å²) in [5, 5.41) is 11.6. The number of likely N-dealkylation sites (N-methyl/N-ethyl adjacent to an activating group) is 1. The van der Waals surface area contributed by atoms with Crippen molar-refractivity contribution in [1.29, 1.82) is 0 Å². The molecule has 0 amide bonds. The number of quaternary nitrogens is 1. The number of carbonyl (C=O) groups excluding carboxylic acids is 3. The zero-order chi connectivity index (χ0) is 42.8. The number of allylic oxidation sites excluding steroid dienone is 16. The number of hydrogen-bond donors (Lipinski definition) is 0. The standard InChI is InChI=1S/C50H81NO7/c1-6-8-10-12-14-16-18-20-22-24-25-27-28-30-32-34-36-38-40-48(52)57-45-46(44-56-43-42-47(50(54)55)51(3,4)5)58-49(53)41-39-37-35-33-31-29-26-23-21-19-17-15-13-11-9-7-2/h9,11,15,17-18,20-25,27,29,31,35,37,46-47H,6-8,10,12-14,16,19,26,28,30,32-34,36,38-45H2,1-5H3/b11-9+,17-15+,20-18+,23-21+,24-22+,27-25+,31-29+,37-35+. The largest absolute Gasteiger partial charge is 0.544 e. The third-order valence-electron chi connectivity index (χ3n) is 9.28. The molecule has 328 valence electrons. The minimum Gasteiger partial charge on any atom is -0.544 e. The van der Waals surface area contributed by atoms with Crippen molar-refractivity contribution >= 4 is 17.9 Å². The monoisotopic (exact) mass is 808 g/mol. The topological polar surface area (TPSA) is 102 Å². The molecule has 8 heteroatoms. The van der Waals surface area contributed by atoms with Gasteiger partial charge in [-0.1, -0.05) is 156 Å². The maximum atomic E-state index is 12.7. The molecule has 0 heterocycles. The lowest BCUT2D eigenvalue weighted by atomic mass is 10.1. The highest BCUT2D eigenvalue weighted by atomic mass is 16.6. The van der Waals surface area contributed by atoms with Crippen LogP contribution in [0.15, 0.2) is 97.2 Å². The molecule has 0 aliphatic heterocycles. The first kappa shape index (κ1) is 54.2. The first-order valence-corrected chi connectivity index (χ1v) is 22.3. The van der Waals surface area contributed by atoms with Crippen LogP contribution in [0.1, 0.15) is 149 Å². The van der Waals surface area contributed by atoms with Crippen molar-refractivity contribution in [3.05, 3.63) is 97.2 Å². The summed E-state index contributed by atoms with van der Waals surface area (Å²) >= 11 is 0. The Labute approximate surface area is 354 Å². The zero-order valence-electron chi connectivity index (χ0n) is 37.2. The van der Waals surface area contributed by atoms with Gasteiger partial charge in [-0.15, -0.1) is 0 Å². The highest BCUT2D eigenvalue weighted by Gasteiger charge is 2.25. The fourth-order valence-corrected chi connectivity index (χ4v) is 5.83. The minimum absolute atomic E-state index is 0.00225. The second-order valence-electron chi connectivity index (χ2n) is 15.6. The number of carbonyl (C=O) groups is 3. The lowest BCUT2D eigenvalue weighted by Gasteiger charge is -2.34. The van der Waals surface area contributed by atoms with Gasteiger partial charge in [-0.05, 0) is 70.6 Å². The van der Waals surface area contributed by atoms with Crippen molar-refractivity contribution in [1.82, 2.24) is 0 Å². The molecular weight excluding hydrogens is 727 g/mol. The van der Waals surface area contributed by atoms with Gasteiger partial charge in [0.2, 0.25) is 0 Å². The summed E-state index contributed by atoms with van der Waals surface area (Å²) in [6.45, 7) is 4.40. The number of nitrogens with zero attached hydrogens (tertiary/aromatic N) is 1. The molecule has 2 unspecified atom stereocenters. The molecule has 0 aliphatic rings. The second-order valence-corrected chi connectivity index (χ2v) is 15.6. The molecule has 0 saturated heterocycles. The van der Waals surface area contributed by atoms with E-state index in [1.54, 1.807) is 21.1 Å². The summed E-state index contributed by atoms with van der Waals surface area (Å²) in [7, 11) is 5.36. The third-order valence-corrected chi connectivity index (χ3v) is 9.28. The van der Waals surface area contributed by atoms with Gasteiger partial charge in [-0.25, -0.2) is 0 Å². The molecule has 0 saturated carbocycles. The van der Waals surface area contributed by atoms with Gasteiger partial charge in [0.05, 0.1) is 40.3 Å². The van der Waals surface area contributed by atoms with E-state index in [1.165, 1.54) is 32.1 Å². The van der Waals surface area contributed by atoms with Gasteiger partial charge in [0, 0.05) is 19.3 Å². The maximum Gasteiger partial charge on any atom is 0.306 e. The number of ether oxygens (including phenoxy) is 3. The van der Waals surface area contributed by atoms with E-state index in [-0.39, 0.29) is 43.1 Å². The van der Waals surface area contributed by atoms with Gasteiger partial charge in [0.15, 0.2) is 6.10 Å². The van der Waals surface area contributed by atoms with Crippen LogP contribution in [0.2, 0.25) is 0 Å². The smallest absolute Gasteiger partial charge is 0.306 e. The van der Waals surface area contributed by atoms with Gasteiger partial charge >= 0.3 is 11.9 Å². The highest BCUT2D eigenvalue weighted by Crippen LogP contribution is 2.11. The minimum atomic E-state index is -1.14. The van der Waals surface area contributed by atoms with Crippen molar-refractivity contribution in [2.24, 2.45) is 0 Å². The van der Waals surface area contributed by atoms with Gasteiger partial charge in [-0.2, -0.15) is 0 Å². The third kappa shape index (κ3) is 37.8. The normalized spacial score (nSPS) is 13.9. The van der Waals surface area contributed by atoms with Crippen LogP contribution in [0.4, 0.5) is 0 Å². The molecule has 0 bridgehead atoms. The molecule has 58 heavy (non-hydrogen) atoms. The number of esters is 2. The van der Waals surface area contributed by atoms with Crippen LogP contribution < -0.4 is 5.11 Å². The molecule has 0 rings (SSSR count). The molecule has 0 spiro atoms. The highest BCUT2D eigenvalue weighted by molar-refractivity contribution is 5.70. The fourth-order valence-electron chi connectivity index (χ4n) is 5.83. The summed E-state index contributed by atoms with van der Waals surface area (Å²) in [6, 6.07) is -0.747. The van der Waals surface area contributed by atoms with Gasteiger partial charge in [0.1, 0.15) is 12.6 Å². The van der Waals surface area contributed by atoms with E-state index in [4.69, 9.17) is 14.2 Å². The number of carboxylic acid groups (broad SMARTS) is 1. The van der Waals surface area contributed by atoms with Crippen LogP contribution >= 0.6 is 0 Å². The first-order valence-electron chi connectivity index (χ1n) is 22.3. The van der Waals surface area contributed by atoms with Crippen LogP contribution in [0.5, 0.6) is 0 Å². The van der Waals surface area contributed by atoms with Crippen molar-refractivity contribution in [2.75, 3.05) is 41.0 Å². The molecule has 8 nitrogen and oxygen atoms in total. The number of rotatable bonds is 38. The average Bonchev–Trinajstić information content (AvgIpc) is 3.18. The Morgan fingerprint density at radius 1 is 0.552 bits per heavy atom. The van der Waals surface area contributed by atoms with Gasteiger partial charge in [-0.3, -0.25) is 9.59 Å². The Kier molecular flexibility index (Phi) is 37.5. The van der Waals surface area contributed by atoms with Gasteiger partial charge < -0.3 is 28.6 Å². The molecule has 0 fully saturated rings. The number of aliphatic carboxylic acids is 1. The lowest BCUT2D eigenvalue weighted by Crippen LogP contribution is -2.55. The Morgan fingerprint density at radius 3 is 1.60 bits per heavy atom. The van der Waals surface area contributed by atoms with Crippen LogP contribution in [-0.4, -0.2) is 75.5 Å². The number of carboxylic acids is 1. The predicted octanol–water partition coefficient (Wildman–Crippen LogP) is 11.0. The van der Waals surface area contributed by atoms with Crippen molar-refractivity contribution in [3.8, 4) is 0 Å². The SMILES string of the molecule is CC/C=C/C/C=C/C/C=C/C/C=C/C/C=C/CCC(=O)OC(COCCC(C(=O)[O-])[N+](C)(C)C)COC(=O)CCCCCCC/C=C/C=C/C=C/CCCCCCC. The summed E-state index contributed by atoms with van der Waals surface area (Å²) in [4.78, 5) is 36.8. The van der Waals surface area contributed by atoms with E-state index in [9.17, 15) is 19.5 Å². The second kappa shape index (κ2) is 40.0. The average molecular weight is 808 g/mol. The van der Waals surface area contributed by atoms with Gasteiger partial charge in [0.25, 0.3) is 0 Å². The maximum absolute atomic E-state index is 12.7. The van der Waals surface area contributed by atoms with Crippen molar-refractivity contribution in [3.63, 3.8) is 0 Å². The summed E-state index contributed by atoms with van der Waals surface area (Å²) in [5.41, 5.74) is 0. The predicted molar refractivity (Wildman–Crippen MR) is 240 cm³/mol. The lowest BCUT2D eigenvalue weighted by molar-refractivity contribution is -0.889. The van der Waals surface area contributed by atoms with Crippen molar-refractivity contribution in [2.45, 2.75) is 161 Å². The molecule has 0 aliphatic carbocycles. The first-order chi connectivity index (χ1) is 28.1. The van der Waals surface area contributed by atoms with Crippen LogP contribution in [0, 0.1) is 0 Å². The summed E-state index contributed by atoms with van der Waals surface area (Å²) < 4.78 is 17.1. The molecule has 0 aromatic carbocycles. The van der Waals surface area contributed by atoms with E-state index in [0.29, 0.717) is 12.8 Å².